The molecule has 0 radical (unpaired) electrons. The second-order valence-corrected chi connectivity index (χ2v) is 6.37. The molecule has 0 saturated heterocycles. The lowest BCUT2D eigenvalue weighted by Crippen LogP contribution is -2.44. The molecule has 29 heavy (non-hydrogen) atoms. The maximum absolute atomic E-state index is 12.4. The minimum atomic E-state index is -0.833. The maximum atomic E-state index is 12.4. The van der Waals surface area contributed by atoms with Gasteiger partial charge in [0.15, 0.2) is 17.3 Å². The van der Waals surface area contributed by atoms with Crippen molar-refractivity contribution >= 4 is 23.5 Å². The lowest BCUT2D eigenvalue weighted by molar-refractivity contribution is -0.134. The Balaban J connectivity index is 0.000000552. The van der Waals surface area contributed by atoms with Gasteiger partial charge in [0.05, 0.1) is 11.7 Å². The van der Waals surface area contributed by atoms with Crippen LogP contribution in [0.4, 0.5) is 4.79 Å². The lowest BCUT2D eigenvalue weighted by Gasteiger charge is -2.29. The molecule has 4 rings (SSSR count). The average molecular weight is 396 g/mol. The van der Waals surface area contributed by atoms with E-state index in [2.05, 4.69) is 10.6 Å². The highest BCUT2D eigenvalue weighted by molar-refractivity contribution is 6.06. The summed E-state index contributed by atoms with van der Waals surface area (Å²) in [5.74, 6) is 0.309. The highest BCUT2D eigenvalue weighted by Gasteiger charge is 2.32. The lowest BCUT2D eigenvalue weighted by atomic mass is 9.90. The van der Waals surface area contributed by atoms with E-state index in [0.717, 1.165) is 18.1 Å². The molecule has 1 atom stereocenters. The smallest absolute Gasteiger partial charge is 0.320 e. The van der Waals surface area contributed by atoms with E-state index in [0.29, 0.717) is 22.8 Å². The predicted octanol–water partition coefficient (Wildman–Crippen LogP) is 2.86. The van der Waals surface area contributed by atoms with Crippen LogP contribution in [0, 0.1) is 0 Å². The number of ketones is 1. The number of fused-ring (bicyclic) bond motifs is 1. The summed E-state index contributed by atoms with van der Waals surface area (Å²) in [5, 5.41) is 13.0. The first kappa shape index (κ1) is 19.9. The Morgan fingerprint density at radius 3 is 2.34 bits per heavy atom. The number of hydrogen-bond acceptors (Lipinski definition) is 5. The minimum Gasteiger partial charge on any atom is -0.481 e. The number of aliphatic carboxylic acids is 1. The van der Waals surface area contributed by atoms with Crippen LogP contribution in [0.2, 0.25) is 0 Å². The molecule has 2 aliphatic rings. The number of carboxylic acids is 1. The highest BCUT2D eigenvalue weighted by atomic mass is 16.7. The Kier molecular flexibility index (Phi) is 5.82. The molecule has 0 spiro atoms. The summed E-state index contributed by atoms with van der Waals surface area (Å²) in [6.45, 7) is 2.75. The standard InChI is InChI=1S/C19H16N2O4.C2H4O2/c1-11(22)16-17(12-5-3-2-4-6-12)20-19(23)21-18(16)13-7-8-14-15(9-13)25-10-24-14;1-2(3)4/h2-9,18H,10H2,1H3,(H2,20,21,23);1H3,(H,3,4). The summed E-state index contributed by atoms with van der Waals surface area (Å²) in [6, 6.07) is 13.8. The molecule has 150 valence electrons. The largest absolute Gasteiger partial charge is 0.481 e. The van der Waals surface area contributed by atoms with Crippen LogP contribution in [0.15, 0.2) is 54.1 Å². The molecular weight excluding hydrogens is 376 g/mol. The number of amides is 2. The molecule has 2 amide bonds. The van der Waals surface area contributed by atoms with Gasteiger partial charge in [0.1, 0.15) is 0 Å². The van der Waals surface area contributed by atoms with Gasteiger partial charge in [-0.3, -0.25) is 9.59 Å². The number of Topliss-reactive ketones (excluding diaryl/α,β-unsaturated/α-hetero) is 1. The number of carbonyl (C=O) groups excluding carboxylic acids is 2. The monoisotopic (exact) mass is 396 g/mol. The van der Waals surface area contributed by atoms with E-state index in [4.69, 9.17) is 19.4 Å². The van der Waals surface area contributed by atoms with Gasteiger partial charge < -0.3 is 25.2 Å². The summed E-state index contributed by atoms with van der Waals surface area (Å²) >= 11 is 0. The van der Waals surface area contributed by atoms with E-state index in [1.54, 1.807) is 12.1 Å². The van der Waals surface area contributed by atoms with E-state index in [-0.39, 0.29) is 18.6 Å². The molecule has 0 aromatic heterocycles. The van der Waals surface area contributed by atoms with Crippen LogP contribution in [-0.4, -0.2) is 29.7 Å². The Labute approximate surface area is 167 Å². The fourth-order valence-corrected chi connectivity index (χ4v) is 3.12. The van der Waals surface area contributed by atoms with Gasteiger partial charge in [-0.25, -0.2) is 4.79 Å². The number of carbonyl (C=O) groups is 3. The Morgan fingerprint density at radius 1 is 1.03 bits per heavy atom. The van der Waals surface area contributed by atoms with E-state index < -0.39 is 12.0 Å². The molecule has 0 aliphatic carbocycles. The topological polar surface area (TPSA) is 114 Å². The molecule has 0 bridgehead atoms. The zero-order valence-corrected chi connectivity index (χ0v) is 15.9. The van der Waals surface area contributed by atoms with E-state index >= 15 is 0 Å². The molecule has 0 fully saturated rings. The van der Waals surface area contributed by atoms with Gasteiger partial charge in [0.2, 0.25) is 6.79 Å². The minimum absolute atomic E-state index is 0.117. The van der Waals surface area contributed by atoms with Crippen molar-refractivity contribution in [3.05, 3.63) is 65.2 Å². The number of benzene rings is 2. The molecule has 2 heterocycles. The quantitative estimate of drug-likeness (QED) is 0.735. The van der Waals surface area contributed by atoms with Crippen molar-refractivity contribution in [3.8, 4) is 11.5 Å². The van der Waals surface area contributed by atoms with E-state index in [1.807, 2.05) is 36.4 Å². The van der Waals surface area contributed by atoms with Crippen molar-refractivity contribution in [3.63, 3.8) is 0 Å². The molecule has 1 unspecified atom stereocenters. The molecule has 2 aromatic rings. The Hall–Kier alpha value is -3.81. The summed E-state index contributed by atoms with van der Waals surface area (Å²) in [7, 11) is 0. The molecule has 3 N–H and O–H groups in total. The van der Waals surface area contributed by atoms with Crippen LogP contribution < -0.4 is 20.1 Å². The van der Waals surface area contributed by atoms with Crippen LogP contribution in [0.1, 0.15) is 31.0 Å². The predicted molar refractivity (Wildman–Crippen MR) is 104 cm³/mol. The number of rotatable bonds is 3. The number of ether oxygens (including phenoxy) is 2. The number of nitrogens with one attached hydrogen (secondary N) is 2. The number of urea groups is 1. The summed E-state index contributed by atoms with van der Waals surface area (Å²) in [4.78, 5) is 33.6. The normalized spacial score (nSPS) is 16.9. The molecule has 0 saturated carbocycles. The second kappa shape index (κ2) is 8.47. The van der Waals surface area contributed by atoms with Gasteiger partial charge in [0, 0.05) is 12.5 Å². The van der Waals surface area contributed by atoms with Gasteiger partial charge in [-0.05, 0) is 30.2 Å². The third-order valence-electron chi connectivity index (χ3n) is 4.24. The van der Waals surface area contributed by atoms with E-state index in [1.165, 1.54) is 6.92 Å². The van der Waals surface area contributed by atoms with Crippen LogP contribution in [0.3, 0.4) is 0 Å². The fraction of sp³-hybridized carbons (Fsp3) is 0.190. The van der Waals surface area contributed by atoms with Crippen molar-refractivity contribution in [1.82, 2.24) is 10.6 Å². The van der Waals surface area contributed by atoms with E-state index in [9.17, 15) is 9.59 Å². The first-order chi connectivity index (χ1) is 13.9. The van der Waals surface area contributed by atoms with Crippen molar-refractivity contribution in [2.24, 2.45) is 0 Å². The van der Waals surface area contributed by atoms with Crippen molar-refractivity contribution in [2.45, 2.75) is 19.9 Å². The Bertz CT molecular complexity index is 980. The zero-order chi connectivity index (χ0) is 21.0. The highest BCUT2D eigenvalue weighted by Crippen LogP contribution is 2.38. The first-order valence-corrected chi connectivity index (χ1v) is 8.84. The van der Waals surface area contributed by atoms with Gasteiger partial charge >= 0.3 is 6.03 Å². The number of hydrogen-bond donors (Lipinski definition) is 3. The van der Waals surface area contributed by atoms with Crippen molar-refractivity contribution in [2.75, 3.05) is 6.79 Å². The van der Waals surface area contributed by atoms with Gasteiger partial charge in [-0.15, -0.1) is 0 Å². The third-order valence-corrected chi connectivity index (χ3v) is 4.24. The van der Waals surface area contributed by atoms with Gasteiger partial charge in [0.25, 0.3) is 5.97 Å². The number of carboxylic acid groups (broad SMARTS) is 1. The van der Waals surface area contributed by atoms with Crippen molar-refractivity contribution < 1.29 is 29.0 Å². The maximum Gasteiger partial charge on any atom is 0.320 e. The third kappa shape index (κ3) is 4.55. The fourth-order valence-electron chi connectivity index (χ4n) is 3.12. The summed E-state index contributed by atoms with van der Waals surface area (Å²) in [5.41, 5.74) is 2.58. The average Bonchev–Trinajstić information content (AvgIpc) is 3.15. The van der Waals surface area contributed by atoms with Crippen LogP contribution in [0.5, 0.6) is 11.5 Å². The molecule has 2 aromatic carbocycles. The van der Waals surface area contributed by atoms with Gasteiger partial charge in [-0.2, -0.15) is 0 Å². The Morgan fingerprint density at radius 2 is 1.69 bits per heavy atom. The van der Waals surface area contributed by atoms with Crippen LogP contribution >= 0.6 is 0 Å². The van der Waals surface area contributed by atoms with Crippen molar-refractivity contribution in [1.29, 1.82) is 0 Å². The van der Waals surface area contributed by atoms with Crippen LogP contribution in [0.25, 0.3) is 5.70 Å². The SMILES string of the molecule is CC(=O)C1=C(c2ccccc2)NC(=O)NC1c1ccc2c(c1)OCO2.CC(=O)O. The zero-order valence-electron chi connectivity index (χ0n) is 15.9. The molecule has 8 heteroatoms. The molecular formula is C21H20N2O6. The van der Waals surface area contributed by atoms with Crippen LogP contribution in [-0.2, 0) is 9.59 Å². The molecule has 8 nitrogen and oxygen atoms in total. The summed E-state index contributed by atoms with van der Waals surface area (Å²) in [6.07, 6.45) is 0. The molecule has 2 aliphatic heterocycles. The second-order valence-electron chi connectivity index (χ2n) is 6.37. The van der Waals surface area contributed by atoms with Gasteiger partial charge in [-0.1, -0.05) is 36.4 Å². The first-order valence-electron chi connectivity index (χ1n) is 8.84. The summed E-state index contributed by atoms with van der Waals surface area (Å²) < 4.78 is 10.7.